The van der Waals surface area contributed by atoms with Crippen molar-refractivity contribution < 1.29 is 29.3 Å². The molecule has 1 aliphatic heterocycles. The molecule has 26 heavy (non-hydrogen) atoms. The van der Waals surface area contributed by atoms with Gasteiger partial charge in [0.2, 0.25) is 0 Å². The van der Waals surface area contributed by atoms with Crippen LogP contribution in [0.15, 0.2) is 48.5 Å². The smallest absolute Gasteiger partial charge is 0.328 e. The average molecular weight is 360 g/mol. The highest BCUT2D eigenvalue weighted by atomic mass is 16.6. The molecule has 3 rings (SSSR count). The van der Waals surface area contributed by atoms with Crippen LogP contribution in [0.1, 0.15) is 23.2 Å². The third-order valence-electron chi connectivity index (χ3n) is 3.87. The summed E-state index contributed by atoms with van der Waals surface area (Å²) in [5.41, 5.74) is 0.533. The average Bonchev–Trinajstić information content (AvgIpc) is 2.67. The third kappa shape index (κ3) is 3.93. The van der Waals surface area contributed by atoms with E-state index in [-0.39, 0.29) is 42.0 Å². The Bertz CT molecular complexity index is 729. The third-order valence-corrected chi connectivity index (χ3v) is 3.87. The molecule has 0 amide bonds. The number of cyclic esters (lactones) is 2. The fourth-order valence-electron chi connectivity index (χ4n) is 2.65. The number of para-hydroxylation sites is 2. The Morgan fingerprint density at radius 3 is 1.54 bits per heavy atom. The number of aromatic hydroxyl groups is 2. The molecule has 0 radical (unpaired) electrons. The molecule has 0 spiro atoms. The summed E-state index contributed by atoms with van der Waals surface area (Å²) >= 11 is 0. The number of esters is 2. The molecule has 2 atom stereocenters. The molecule has 1 heterocycles. The Hall–Kier alpha value is -3.10. The lowest BCUT2D eigenvalue weighted by Crippen LogP contribution is -2.36. The Labute approximate surface area is 149 Å². The van der Waals surface area contributed by atoms with E-state index in [4.69, 9.17) is 9.47 Å². The second-order valence-corrected chi connectivity index (χ2v) is 5.49. The molecule has 8 heteroatoms. The number of rotatable bonds is 2. The molecule has 8 nitrogen and oxygen atoms in total. The lowest BCUT2D eigenvalue weighted by atomic mass is 10.0. The van der Waals surface area contributed by atoms with E-state index in [0.29, 0.717) is 0 Å². The minimum atomic E-state index is -1.10. The lowest BCUT2D eigenvalue weighted by molar-refractivity contribution is -0.150. The zero-order valence-corrected chi connectivity index (χ0v) is 13.9. The van der Waals surface area contributed by atoms with Crippen LogP contribution in [0.4, 0.5) is 0 Å². The molecule has 0 saturated carbocycles. The zero-order chi connectivity index (χ0) is 17.8. The van der Waals surface area contributed by atoms with Gasteiger partial charge < -0.3 is 25.8 Å². The van der Waals surface area contributed by atoms with Gasteiger partial charge in [0.25, 0.3) is 0 Å². The van der Waals surface area contributed by atoms with Crippen LogP contribution < -0.4 is 11.5 Å². The number of hydrogen-bond acceptors (Lipinski definition) is 8. The van der Waals surface area contributed by atoms with E-state index in [1.165, 1.54) is 12.1 Å². The van der Waals surface area contributed by atoms with Crippen LogP contribution in [-0.2, 0) is 19.1 Å². The minimum absolute atomic E-state index is 0. The number of phenolic OH excluding ortho intramolecular Hbond substituents is 2. The summed E-state index contributed by atoms with van der Waals surface area (Å²) < 4.78 is 10.2. The van der Waals surface area contributed by atoms with Gasteiger partial charge in [-0.1, -0.05) is 36.4 Å². The maximum absolute atomic E-state index is 12.4. The number of phenols is 2. The summed E-state index contributed by atoms with van der Waals surface area (Å²) in [5.74, 6) is -1.53. The van der Waals surface area contributed by atoms with Crippen molar-refractivity contribution in [3.05, 3.63) is 59.7 Å². The second kappa shape index (κ2) is 8.32. The number of carbonyl (C=O) groups is 2. The first-order valence-electron chi connectivity index (χ1n) is 7.73. The van der Waals surface area contributed by atoms with Crippen molar-refractivity contribution in [1.82, 2.24) is 11.5 Å². The van der Waals surface area contributed by atoms with E-state index in [0.717, 1.165) is 0 Å². The summed E-state index contributed by atoms with van der Waals surface area (Å²) in [6, 6.07) is 10.3. The summed E-state index contributed by atoms with van der Waals surface area (Å²) in [6.45, 7) is -0.187. The van der Waals surface area contributed by atoms with Gasteiger partial charge in [0.05, 0.1) is 0 Å². The van der Waals surface area contributed by atoms with E-state index in [2.05, 4.69) is 5.32 Å². The zero-order valence-electron chi connectivity index (χ0n) is 13.9. The fraction of sp³-hybridized carbons (Fsp3) is 0.222. The highest BCUT2D eigenvalue weighted by molar-refractivity contribution is 5.83. The van der Waals surface area contributed by atoms with Crippen molar-refractivity contribution in [2.24, 2.45) is 0 Å². The highest BCUT2D eigenvalue weighted by Crippen LogP contribution is 2.31. The predicted molar refractivity (Wildman–Crippen MR) is 91.8 cm³/mol. The van der Waals surface area contributed by atoms with Crippen LogP contribution in [0.25, 0.3) is 0 Å². The van der Waals surface area contributed by atoms with Crippen molar-refractivity contribution in [3.8, 4) is 11.5 Å². The van der Waals surface area contributed by atoms with Gasteiger partial charge in [-0.15, -0.1) is 0 Å². The summed E-state index contributed by atoms with van der Waals surface area (Å²) in [4.78, 5) is 24.8. The maximum atomic E-state index is 12.4. The molecule has 1 aliphatic rings. The maximum Gasteiger partial charge on any atom is 0.328 e. The Morgan fingerprint density at radius 2 is 1.15 bits per heavy atom. The Balaban J connectivity index is 0.00000243. The molecule has 1 saturated heterocycles. The van der Waals surface area contributed by atoms with Crippen LogP contribution in [0, 0.1) is 0 Å². The van der Waals surface area contributed by atoms with Gasteiger partial charge in [-0.2, -0.15) is 0 Å². The van der Waals surface area contributed by atoms with E-state index in [1.807, 2.05) is 0 Å². The predicted octanol–water partition coefficient (Wildman–Crippen LogP) is 1.73. The molecular formula is C18H20N2O6. The number of hydrogen-bond donors (Lipinski definition) is 4. The van der Waals surface area contributed by atoms with E-state index in [1.54, 1.807) is 36.4 Å². The van der Waals surface area contributed by atoms with Crippen LogP contribution in [0.5, 0.6) is 11.5 Å². The molecule has 0 aliphatic carbocycles. The van der Waals surface area contributed by atoms with Gasteiger partial charge in [0.1, 0.15) is 36.8 Å². The van der Waals surface area contributed by atoms with Crippen molar-refractivity contribution in [2.45, 2.75) is 12.1 Å². The second-order valence-electron chi connectivity index (χ2n) is 5.49. The number of nitrogens with one attached hydrogen (secondary N) is 1. The quantitative estimate of drug-likeness (QED) is 0.594. The van der Waals surface area contributed by atoms with E-state index < -0.39 is 24.0 Å². The van der Waals surface area contributed by atoms with Gasteiger partial charge in [-0.05, 0) is 12.1 Å². The molecule has 2 aromatic rings. The first-order chi connectivity index (χ1) is 12.1. The SMILES string of the molecule is N.O=C1OCCOC(=O)C(c2ccccc2O)NC1c1ccccc1O. The highest BCUT2D eigenvalue weighted by Gasteiger charge is 2.34. The summed E-state index contributed by atoms with van der Waals surface area (Å²) in [6.07, 6.45) is 0. The van der Waals surface area contributed by atoms with Gasteiger partial charge in [0, 0.05) is 11.1 Å². The fourth-order valence-corrected chi connectivity index (χ4v) is 2.65. The van der Waals surface area contributed by atoms with Crippen molar-refractivity contribution >= 4 is 11.9 Å². The number of benzene rings is 2. The molecule has 0 bridgehead atoms. The molecular weight excluding hydrogens is 340 g/mol. The van der Waals surface area contributed by atoms with Crippen LogP contribution in [0.3, 0.4) is 0 Å². The van der Waals surface area contributed by atoms with Gasteiger partial charge in [-0.25, -0.2) is 9.59 Å². The van der Waals surface area contributed by atoms with Gasteiger partial charge in [0.15, 0.2) is 0 Å². The van der Waals surface area contributed by atoms with Crippen molar-refractivity contribution in [3.63, 3.8) is 0 Å². The van der Waals surface area contributed by atoms with Gasteiger partial charge >= 0.3 is 11.9 Å². The number of ether oxygens (including phenoxy) is 2. The summed E-state index contributed by atoms with van der Waals surface area (Å²) in [7, 11) is 0. The normalized spacial score (nSPS) is 20.6. The minimum Gasteiger partial charge on any atom is -0.508 e. The molecule has 0 aromatic heterocycles. The standard InChI is InChI=1S/C18H17NO6.H3N/c20-13-7-3-1-5-11(13)15-17(22)24-9-10-25-18(23)16(19-15)12-6-2-4-8-14(12)21;/h1-8,15-16,19-21H,9-10H2;1H3. The molecule has 6 N–H and O–H groups in total. The first kappa shape index (κ1) is 19.2. The topological polar surface area (TPSA) is 140 Å². The molecule has 1 fully saturated rings. The number of carbonyl (C=O) groups excluding carboxylic acids is 2. The lowest BCUT2D eigenvalue weighted by Gasteiger charge is -2.23. The molecule has 2 unspecified atom stereocenters. The van der Waals surface area contributed by atoms with E-state index >= 15 is 0 Å². The van der Waals surface area contributed by atoms with Crippen molar-refractivity contribution in [2.75, 3.05) is 13.2 Å². The Kier molecular flexibility index (Phi) is 6.16. The van der Waals surface area contributed by atoms with Crippen molar-refractivity contribution in [1.29, 1.82) is 0 Å². The van der Waals surface area contributed by atoms with E-state index in [9.17, 15) is 19.8 Å². The molecule has 2 aromatic carbocycles. The largest absolute Gasteiger partial charge is 0.508 e. The first-order valence-corrected chi connectivity index (χ1v) is 7.73. The monoisotopic (exact) mass is 360 g/mol. The van der Waals surface area contributed by atoms with Crippen LogP contribution >= 0.6 is 0 Å². The summed E-state index contributed by atoms with van der Waals surface area (Å²) in [5, 5.41) is 23.0. The van der Waals surface area contributed by atoms with Crippen LogP contribution in [-0.4, -0.2) is 35.4 Å². The van der Waals surface area contributed by atoms with Gasteiger partial charge in [-0.3, -0.25) is 5.32 Å². The Morgan fingerprint density at radius 1 is 0.769 bits per heavy atom. The molecule has 138 valence electrons. The van der Waals surface area contributed by atoms with Crippen LogP contribution in [0.2, 0.25) is 0 Å².